The predicted octanol–water partition coefficient (Wildman–Crippen LogP) is 3.38. The number of para-hydroxylation sites is 1. The van der Waals surface area contributed by atoms with Crippen LogP contribution < -0.4 is 15.4 Å². The lowest BCUT2D eigenvalue weighted by molar-refractivity contribution is -0.473. The summed E-state index contributed by atoms with van der Waals surface area (Å²) in [6.07, 6.45) is 3.64. The van der Waals surface area contributed by atoms with Crippen molar-refractivity contribution in [2.24, 2.45) is 5.92 Å². The second-order valence-electron chi connectivity index (χ2n) is 8.67. The topological polar surface area (TPSA) is 117 Å². The number of isocyanates is 1. The molecular weight excluding hydrogens is 472 g/mol. The van der Waals surface area contributed by atoms with Crippen LogP contribution in [-0.4, -0.2) is 52.4 Å². The molecule has 0 spiro atoms. The van der Waals surface area contributed by atoms with Crippen molar-refractivity contribution in [3.8, 4) is 11.5 Å². The number of benzene rings is 2. The largest absolute Gasteiger partial charge is 0.457 e. The molecule has 2 aromatic carbocycles. The molecule has 3 aromatic rings. The number of ether oxygens (including phenoxy) is 1. The van der Waals surface area contributed by atoms with Gasteiger partial charge < -0.3 is 15.4 Å². The van der Waals surface area contributed by atoms with Crippen LogP contribution in [0.1, 0.15) is 30.6 Å². The fourth-order valence-electron chi connectivity index (χ4n) is 3.49. The van der Waals surface area contributed by atoms with Gasteiger partial charge in [-0.25, -0.2) is 0 Å². The fraction of sp³-hybridized carbons (Fsp3) is 0.250. The predicted molar refractivity (Wildman–Crippen MR) is 136 cm³/mol. The minimum absolute atomic E-state index is 0.0924. The maximum atomic E-state index is 12.9. The molecule has 0 aliphatic rings. The Balaban J connectivity index is 1.51. The number of amides is 2. The Morgan fingerprint density at radius 2 is 1.54 bits per heavy atom. The van der Waals surface area contributed by atoms with Crippen molar-refractivity contribution in [1.29, 1.82) is 0 Å². The van der Waals surface area contributed by atoms with Crippen molar-refractivity contribution in [2.45, 2.75) is 26.3 Å². The Morgan fingerprint density at radius 3 is 2.16 bits per heavy atom. The smallest absolute Gasteiger partial charge is 0.334 e. The molecule has 190 valence electrons. The quantitative estimate of drug-likeness (QED) is 0.223. The molecule has 37 heavy (non-hydrogen) atoms. The monoisotopic (exact) mass is 501 g/mol. The van der Waals surface area contributed by atoms with Crippen molar-refractivity contribution < 1.29 is 28.5 Å². The Labute approximate surface area is 215 Å². The summed E-state index contributed by atoms with van der Waals surface area (Å²) >= 11 is 0. The highest BCUT2D eigenvalue weighted by Crippen LogP contribution is 2.21. The molecular formula is C28H29N4O5+. The zero-order valence-electron chi connectivity index (χ0n) is 20.7. The molecule has 1 heterocycles. The van der Waals surface area contributed by atoms with Gasteiger partial charge in [-0.3, -0.25) is 14.4 Å². The van der Waals surface area contributed by atoms with Gasteiger partial charge in [-0.1, -0.05) is 38.1 Å². The van der Waals surface area contributed by atoms with E-state index in [4.69, 9.17) is 4.74 Å². The van der Waals surface area contributed by atoms with Crippen molar-refractivity contribution in [3.63, 3.8) is 0 Å². The van der Waals surface area contributed by atoms with Gasteiger partial charge in [0.1, 0.15) is 17.7 Å². The molecule has 2 N–H and O–H groups in total. The Hall–Kier alpha value is -4.62. The van der Waals surface area contributed by atoms with Crippen molar-refractivity contribution >= 4 is 29.5 Å². The maximum absolute atomic E-state index is 12.9. The van der Waals surface area contributed by atoms with Gasteiger partial charge in [0.25, 0.3) is 11.8 Å². The van der Waals surface area contributed by atoms with E-state index >= 15 is 0 Å². The average Bonchev–Trinajstić information content (AvgIpc) is 2.91. The maximum Gasteiger partial charge on any atom is 0.334 e. The number of carbonyl (C=O) groups is 3. The highest BCUT2D eigenvalue weighted by Gasteiger charge is 2.31. The number of nitrogens with one attached hydrogen (secondary N) is 2. The van der Waals surface area contributed by atoms with Gasteiger partial charge >= 0.3 is 11.9 Å². The lowest BCUT2D eigenvalue weighted by Crippen LogP contribution is -2.45. The van der Waals surface area contributed by atoms with Crippen molar-refractivity contribution in [2.75, 3.05) is 13.1 Å². The van der Waals surface area contributed by atoms with E-state index in [9.17, 15) is 19.2 Å². The first kappa shape index (κ1) is 27.0. The van der Waals surface area contributed by atoms with E-state index in [0.717, 1.165) is 4.58 Å². The first-order valence-electron chi connectivity index (χ1n) is 11.9. The number of carbonyl (C=O) groups excluding carboxylic acids is 4. The number of hydrogen-bond acceptors (Lipinski definition) is 6. The summed E-state index contributed by atoms with van der Waals surface area (Å²) in [7, 11) is 0. The van der Waals surface area contributed by atoms with Crippen LogP contribution in [0.2, 0.25) is 0 Å². The third kappa shape index (κ3) is 8.23. The molecule has 9 heteroatoms. The van der Waals surface area contributed by atoms with Crippen LogP contribution in [-0.2, 0) is 14.4 Å². The van der Waals surface area contributed by atoms with E-state index in [0.29, 0.717) is 23.5 Å². The molecule has 1 atom stereocenters. The van der Waals surface area contributed by atoms with E-state index < -0.39 is 23.6 Å². The molecule has 9 nitrogen and oxygen atoms in total. The number of aromatic nitrogens is 1. The zero-order chi connectivity index (χ0) is 26.6. The summed E-state index contributed by atoms with van der Waals surface area (Å²) in [6, 6.07) is 19.9. The number of Topliss-reactive ketones (excluding diaryl/α,β-unsaturated/α-hetero) is 1. The van der Waals surface area contributed by atoms with Crippen LogP contribution in [0.25, 0.3) is 0 Å². The first-order valence-corrected chi connectivity index (χ1v) is 11.9. The highest BCUT2D eigenvalue weighted by atomic mass is 16.5. The Kier molecular flexibility index (Phi) is 9.82. The number of pyridine rings is 1. The molecule has 0 fully saturated rings. The molecule has 0 radical (unpaired) electrons. The molecule has 0 aliphatic heterocycles. The first-order chi connectivity index (χ1) is 17.9. The van der Waals surface area contributed by atoms with Gasteiger partial charge in [0.15, 0.2) is 11.8 Å². The third-order valence-electron chi connectivity index (χ3n) is 5.30. The third-order valence-corrected chi connectivity index (χ3v) is 5.30. The molecule has 2 amide bonds. The molecule has 3 rings (SSSR count). The second-order valence-corrected chi connectivity index (χ2v) is 8.67. The summed E-state index contributed by atoms with van der Waals surface area (Å²) < 4.78 is 6.84. The molecule has 0 aliphatic carbocycles. The van der Waals surface area contributed by atoms with Gasteiger partial charge in [-0.15, -0.1) is 4.58 Å². The lowest BCUT2D eigenvalue weighted by atomic mass is 10.0. The normalized spacial score (nSPS) is 11.2. The summed E-state index contributed by atoms with van der Waals surface area (Å²) in [6.45, 7) is 3.28. The standard InChI is InChI=1S/C28H28N4O5/c1-20(2)16-25(32(19-33)26-10-6-7-15-29-26)28(36)31-18-22(34)17-30-27(35)21-11-13-24(14-12-21)37-23-8-4-3-5-9-23/h3-15,20,25H,16-18H2,1-2H3,(H-,30,31,35,36)/p+1/t25-/m0/s1. The zero-order valence-corrected chi connectivity index (χ0v) is 20.7. The van der Waals surface area contributed by atoms with Gasteiger partial charge in [0.05, 0.1) is 13.1 Å². The van der Waals surface area contributed by atoms with E-state index in [1.165, 1.54) is 6.20 Å². The van der Waals surface area contributed by atoms with E-state index in [1.807, 2.05) is 44.2 Å². The van der Waals surface area contributed by atoms with E-state index in [1.54, 1.807) is 48.5 Å². The van der Waals surface area contributed by atoms with E-state index in [2.05, 4.69) is 15.6 Å². The summed E-state index contributed by atoms with van der Waals surface area (Å²) in [5, 5.41) is 5.11. The average molecular weight is 502 g/mol. The summed E-state index contributed by atoms with van der Waals surface area (Å²) in [4.78, 5) is 53.4. The van der Waals surface area contributed by atoms with Crippen LogP contribution in [0.4, 0.5) is 5.82 Å². The summed E-state index contributed by atoms with van der Waals surface area (Å²) in [5.41, 5.74) is 0.363. The van der Waals surface area contributed by atoms with Gasteiger partial charge in [-0.2, -0.15) is 4.79 Å². The molecule has 0 unspecified atom stereocenters. The van der Waals surface area contributed by atoms with Crippen LogP contribution in [0.5, 0.6) is 11.5 Å². The number of ketones is 1. The molecule has 0 saturated carbocycles. The van der Waals surface area contributed by atoms with Crippen LogP contribution in [0.15, 0.2) is 79.0 Å². The SMILES string of the molecule is CC(C)C[C@@H](C(=O)NCC(=O)CNC(=O)c1ccc(Oc2ccccc2)cc1)[N+](=C=O)c1ccccn1. The van der Waals surface area contributed by atoms with Crippen LogP contribution >= 0.6 is 0 Å². The number of hydrogen-bond donors (Lipinski definition) is 2. The lowest BCUT2D eigenvalue weighted by Gasteiger charge is -2.16. The Morgan fingerprint density at radius 1 is 0.892 bits per heavy atom. The van der Waals surface area contributed by atoms with Crippen molar-refractivity contribution in [3.05, 3.63) is 84.6 Å². The molecule has 0 saturated heterocycles. The number of rotatable bonds is 12. The van der Waals surface area contributed by atoms with E-state index in [-0.39, 0.29) is 24.8 Å². The molecule has 0 bridgehead atoms. The minimum atomic E-state index is -0.883. The van der Waals surface area contributed by atoms with Gasteiger partial charge in [0.2, 0.25) is 0 Å². The van der Waals surface area contributed by atoms with Gasteiger partial charge in [0, 0.05) is 18.1 Å². The van der Waals surface area contributed by atoms with Gasteiger partial charge in [-0.05, 0) is 53.4 Å². The Bertz CT molecular complexity index is 1250. The summed E-state index contributed by atoms with van der Waals surface area (Å²) in [5.74, 6) is 0.305. The minimum Gasteiger partial charge on any atom is -0.457 e. The number of nitrogens with zero attached hydrogens (tertiary/aromatic N) is 2. The van der Waals surface area contributed by atoms with Crippen LogP contribution in [0.3, 0.4) is 0 Å². The van der Waals surface area contributed by atoms with Crippen LogP contribution in [0, 0.1) is 5.92 Å². The molecule has 1 aromatic heterocycles. The second kappa shape index (κ2) is 13.5. The highest BCUT2D eigenvalue weighted by molar-refractivity contribution is 5.97. The van der Waals surface area contributed by atoms with Crippen molar-refractivity contribution in [1.82, 2.24) is 15.6 Å². The fourth-order valence-corrected chi connectivity index (χ4v) is 3.49.